The van der Waals surface area contributed by atoms with Crippen molar-refractivity contribution in [3.8, 4) is 11.5 Å². The SMILES string of the molecule is COc1cc(/C=C2\C(=O)N=C(NC(C)=O)N2C)ccc1OC(C)=O. The minimum Gasteiger partial charge on any atom is -0.493 e. The van der Waals surface area contributed by atoms with Crippen LogP contribution < -0.4 is 14.8 Å². The molecule has 0 bridgehead atoms. The molecule has 0 spiro atoms. The summed E-state index contributed by atoms with van der Waals surface area (Å²) in [4.78, 5) is 39.5. The number of benzene rings is 1. The molecule has 8 nitrogen and oxygen atoms in total. The lowest BCUT2D eigenvalue weighted by Crippen LogP contribution is -2.37. The predicted octanol–water partition coefficient (Wildman–Crippen LogP) is 0.925. The molecule has 0 fully saturated rings. The number of guanidine groups is 1. The van der Waals surface area contributed by atoms with Crippen molar-refractivity contribution >= 4 is 29.8 Å². The van der Waals surface area contributed by atoms with E-state index >= 15 is 0 Å². The molecule has 1 heterocycles. The number of carbonyl (C=O) groups is 3. The summed E-state index contributed by atoms with van der Waals surface area (Å²) in [6.45, 7) is 2.63. The van der Waals surface area contributed by atoms with Crippen LogP contribution in [-0.2, 0) is 14.4 Å². The maximum absolute atomic E-state index is 12.0. The quantitative estimate of drug-likeness (QED) is 0.503. The number of hydrogen-bond acceptors (Lipinski definition) is 6. The Bertz CT molecular complexity index is 767. The van der Waals surface area contributed by atoms with Crippen LogP contribution in [0.25, 0.3) is 6.08 Å². The Hall–Kier alpha value is -3.16. The first kappa shape index (κ1) is 17.2. The van der Waals surface area contributed by atoms with E-state index in [4.69, 9.17) is 9.47 Å². The Labute approximate surface area is 138 Å². The number of esters is 1. The normalized spacial score (nSPS) is 15.3. The van der Waals surface area contributed by atoms with Gasteiger partial charge in [0.2, 0.25) is 11.9 Å². The molecule has 1 N–H and O–H groups in total. The Morgan fingerprint density at radius 3 is 2.54 bits per heavy atom. The monoisotopic (exact) mass is 331 g/mol. The molecule has 0 aromatic heterocycles. The molecule has 1 aliphatic heterocycles. The van der Waals surface area contributed by atoms with Gasteiger partial charge in [-0.15, -0.1) is 0 Å². The van der Waals surface area contributed by atoms with Gasteiger partial charge in [-0.05, 0) is 23.8 Å². The summed E-state index contributed by atoms with van der Waals surface area (Å²) in [6, 6.07) is 4.87. The van der Waals surface area contributed by atoms with Crippen LogP contribution in [0.3, 0.4) is 0 Å². The highest BCUT2D eigenvalue weighted by molar-refractivity contribution is 6.15. The lowest BCUT2D eigenvalue weighted by atomic mass is 10.1. The van der Waals surface area contributed by atoms with E-state index in [9.17, 15) is 14.4 Å². The number of rotatable bonds is 3. The second-order valence-corrected chi connectivity index (χ2v) is 5.01. The molecule has 0 radical (unpaired) electrons. The van der Waals surface area contributed by atoms with Crippen molar-refractivity contribution in [3.05, 3.63) is 29.5 Å². The van der Waals surface area contributed by atoms with Gasteiger partial charge < -0.3 is 14.4 Å². The first-order valence-corrected chi connectivity index (χ1v) is 7.04. The van der Waals surface area contributed by atoms with Gasteiger partial charge in [-0.2, -0.15) is 4.99 Å². The number of nitrogens with zero attached hydrogens (tertiary/aromatic N) is 2. The number of methoxy groups -OCH3 is 1. The lowest BCUT2D eigenvalue weighted by molar-refractivity contribution is -0.132. The highest BCUT2D eigenvalue weighted by Crippen LogP contribution is 2.29. The van der Waals surface area contributed by atoms with Crippen LogP contribution >= 0.6 is 0 Å². The second kappa shape index (κ2) is 6.95. The number of amides is 2. The first-order chi connectivity index (χ1) is 11.3. The maximum atomic E-state index is 12.0. The molecule has 0 aliphatic carbocycles. The molecule has 2 rings (SSSR count). The van der Waals surface area contributed by atoms with Crippen molar-refractivity contribution in [3.63, 3.8) is 0 Å². The zero-order chi connectivity index (χ0) is 17.9. The van der Waals surface area contributed by atoms with E-state index in [0.29, 0.717) is 17.0 Å². The molecular formula is C16H17N3O5. The third-order valence-corrected chi connectivity index (χ3v) is 3.14. The molecule has 0 atom stereocenters. The highest BCUT2D eigenvalue weighted by atomic mass is 16.6. The minimum absolute atomic E-state index is 0.169. The highest BCUT2D eigenvalue weighted by Gasteiger charge is 2.27. The molecule has 0 saturated heterocycles. The van der Waals surface area contributed by atoms with E-state index in [1.807, 2.05) is 0 Å². The van der Waals surface area contributed by atoms with Crippen molar-refractivity contribution in [2.24, 2.45) is 4.99 Å². The maximum Gasteiger partial charge on any atom is 0.308 e. The molecule has 1 aromatic rings. The van der Waals surface area contributed by atoms with Crippen molar-refractivity contribution in [2.45, 2.75) is 13.8 Å². The fraction of sp³-hybridized carbons (Fsp3) is 0.250. The van der Waals surface area contributed by atoms with Crippen molar-refractivity contribution in [1.82, 2.24) is 10.2 Å². The summed E-state index contributed by atoms with van der Waals surface area (Å²) in [7, 11) is 3.07. The molecule has 0 saturated carbocycles. The fourth-order valence-electron chi connectivity index (χ4n) is 2.08. The smallest absolute Gasteiger partial charge is 0.308 e. The third-order valence-electron chi connectivity index (χ3n) is 3.14. The van der Waals surface area contributed by atoms with E-state index in [1.54, 1.807) is 31.3 Å². The zero-order valence-electron chi connectivity index (χ0n) is 13.7. The minimum atomic E-state index is -0.468. The Balaban J connectivity index is 2.30. The van der Waals surface area contributed by atoms with Gasteiger partial charge in [-0.3, -0.25) is 19.7 Å². The van der Waals surface area contributed by atoms with Crippen LogP contribution in [0.4, 0.5) is 0 Å². The van der Waals surface area contributed by atoms with Crippen LogP contribution in [0, 0.1) is 0 Å². The van der Waals surface area contributed by atoms with Crippen LogP contribution in [0.15, 0.2) is 28.9 Å². The first-order valence-electron chi connectivity index (χ1n) is 7.04. The van der Waals surface area contributed by atoms with Gasteiger partial charge in [-0.1, -0.05) is 6.07 Å². The van der Waals surface area contributed by atoms with Gasteiger partial charge in [0.15, 0.2) is 11.5 Å². The topological polar surface area (TPSA) is 97.3 Å². The van der Waals surface area contributed by atoms with E-state index in [0.717, 1.165) is 0 Å². The standard InChI is InChI=1S/C16H17N3O5/c1-9(20)17-16-18-15(22)12(19(16)3)7-11-5-6-13(24-10(2)21)14(8-11)23-4/h5-8H,1-4H3,(H,17,18,20,22)/b12-7+. The van der Waals surface area contributed by atoms with Gasteiger partial charge >= 0.3 is 5.97 Å². The van der Waals surface area contributed by atoms with Gasteiger partial charge in [0.25, 0.3) is 5.91 Å². The van der Waals surface area contributed by atoms with Gasteiger partial charge in [0, 0.05) is 20.9 Å². The molecule has 2 amide bonds. The Kier molecular flexibility index (Phi) is 4.98. The number of carbonyl (C=O) groups excluding carboxylic acids is 3. The molecule has 1 aromatic carbocycles. The van der Waals surface area contributed by atoms with Crippen LogP contribution in [0.2, 0.25) is 0 Å². The molecule has 126 valence electrons. The Morgan fingerprint density at radius 1 is 1.25 bits per heavy atom. The summed E-state index contributed by atoms with van der Waals surface area (Å²) in [5.41, 5.74) is 0.943. The molecule has 0 unspecified atom stereocenters. The zero-order valence-corrected chi connectivity index (χ0v) is 13.7. The number of nitrogens with one attached hydrogen (secondary N) is 1. The molecule has 24 heavy (non-hydrogen) atoms. The van der Waals surface area contributed by atoms with E-state index in [1.165, 1.54) is 25.9 Å². The van der Waals surface area contributed by atoms with E-state index < -0.39 is 11.9 Å². The van der Waals surface area contributed by atoms with E-state index in [-0.39, 0.29) is 17.6 Å². The summed E-state index contributed by atoms with van der Waals surface area (Å²) < 4.78 is 10.2. The largest absolute Gasteiger partial charge is 0.493 e. The summed E-state index contributed by atoms with van der Waals surface area (Å²) in [5, 5.41) is 2.48. The van der Waals surface area contributed by atoms with Crippen molar-refractivity contribution < 1.29 is 23.9 Å². The molecule has 1 aliphatic rings. The third kappa shape index (κ3) is 3.78. The van der Waals surface area contributed by atoms with E-state index in [2.05, 4.69) is 10.3 Å². The van der Waals surface area contributed by atoms with Crippen LogP contribution in [0.1, 0.15) is 19.4 Å². The van der Waals surface area contributed by atoms with Gasteiger partial charge in [-0.25, -0.2) is 0 Å². The van der Waals surface area contributed by atoms with Crippen LogP contribution in [0.5, 0.6) is 11.5 Å². The molecular weight excluding hydrogens is 314 g/mol. The number of likely N-dealkylation sites (N-methyl/N-ethyl adjacent to an activating group) is 1. The second-order valence-electron chi connectivity index (χ2n) is 5.01. The van der Waals surface area contributed by atoms with Gasteiger partial charge in [0.1, 0.15) is 5.70 Å². The average Bonchev–Trinajstić information content (AvgIpc) is 2.75. The summed E-state index contributed by atoms with van der Waals surface area (Å²) in [6.07, 6.45) is 1.60. The molecule has 8 heteroatoms. The Morgan fingerprint density at radius 2 is 1.96 bits per heavy atom. The average molecular weight is 331 g/mol. The number of ether oxygens (including phenoxy) is 2. The van der Waals surface area contributed by atoms with Crippen molar-refractivity contribution in [1.29, 1.82) is 0 Å². The lowest BCUT2D eigenvalue weighted by Gasteiger charge is -2.15. The van der Waals surface area contributed by atoms with Gasteiger partial charge in [0.05, 0.1) is 7.11 Å². The van der Waals surface area contributed by atoms with Crippen molar-refractivity contribution in [2.75, 3.05) is 14.2 Å². The number of aliphatic imine (C=N–C) groups is 1. The fourth-order valence-corrected chi connectivity index (χ4v) is 2.08. The predicted molar refractivity (Wildman–Crippen MR) is 86.3 cm³/mol. The summed E-state index contributed by atoms with van der Waals surface area (Å²) in [5.74, 6) is -0.434. The number of hydrogen-bond donors (Lipinski definition) is 1. The summed E-state index contributed by atoms with van der Waals surface area (Å²) >= 11 is 0. The van der Waals surface area contributed by atoms with Crippen LogP contribution in [-0.4, -0.2) is 42.8 Å².